The molecule has 0 aliphatic carbocycles. The Kier molecular flexibility index (Phi) is 7.73. The maximum absolute atomic E-state index is 11.8. The normalized spacial score (nSPS) is 27.8. The number of hydrogen-bond acceptors (Lipinski definition) is 3. The minimum Gasteiger partial charge on any atom is -0.378 e. The van der Waals surface area contributed by atoms with E-state index in [4.69, 9.17) is 4.74 Å². The first-order valence-corrected chi connectivity index (χ1v) is 7.35. The number of carbonyl (C=O) groups excluding carboxylic acids is 1. The van der Waals surface area contributed by atoms with E-state index in [0.29, 0.717) is 18.4 Å². The third-order valence-corrected chi connectivity index (χ3v) is 3.99. The van der Waals surface area contributed by atoms with Crippen LogP contribution in [0.5, 0.6) is 0 Å². The minimum absolute atomic E-state index is 0. The van der Waals surface area contributed by atoms with E-state index in [1.807, 2.05) is 0 Å². The van der Waals surface area contributed by atoms with Gasteiger partial charge in [-0.1, -0.05) is 0 Å². The summed E-state index contributed by atoms with van der Waals surface area (Å²) in [6.07, 6.45) is 6.54. The van der Waals surface area contributed by atoms with Crippen LogP contribution in [-0.4, -0.2) is 37.7 Å². The molecule has 0 bridgehead atoms. The fourth-order valence-corrected chi connectivity index (χ4v) is 2.93. The molecule has 0 spiro atoms. The molecule has 2 aliphatic heterocycles. The van der Waals surface area contributed by atoms with Gasteiger partial charge in [0.1, 0.15) is 0 Å². The summed E-state index contributed by atoms with van der Waals surface area (Å²) < 4.78 is 5.59. The van der Waals surface area contributed by atoms with Gasteiger partial charge in [-0.2, -0.15) is 0 Å². The Morgan fingerprint density at radius 1 is 1.47 bits per heavy atom. The fraction of sp³-hybridized carbons (Fsp3) is 0.929. The van der Waals surface area contributed by atoms with Gasteiger partial charge in [-0.15, -0.1) is 12.4 Å². The van der Waals surface area contributed by atoms with Gasteiger partial charge in [0.15, 0.2) is 0 Å². The van der Waals surface area contributed by atoms with Crippen LogP contribution in [0, 0.1) is 5.92 Å². The SMILES string of the molecule is CC(CC1CCCO1)NC(=O)CCC1CCNC1.Cl. The summed E-state index contributed by atoms with van der Waals surface area (Å²) in [5, 5.41) is 6.43. The second kappa shape index (κ2) is 8.77. The molecule has 0 aromatic rings. The molecule has 4 nitrogen and oxygen atoms in total. The number of rotatable bonds is 6. The third-order valence-electron chi connectivity index (χ3n) is 3.99. The van der Waals surface area contributed by atoms with Crippen LogP contribution >= 0.6 is 12.4 Å². The number of nitrogens with one attached hydrogen (secondary N) is 2. The maximum atomic E-state index is 11.8. The predicted octanol–water partition coefficient (Wildman–Crippen LogP) is 1.87. The zero-order valence-corrected chi connectivity index (χ0v) is 12.6. The van der Waals surface area contributed by atoms with Crippen LogP contribution in [0.25, 0.3) is 0 Å². The summed E-state index contributed by atoms with van der Waals surface area (Å²) in [5.74, 6) is 0.900. The van der Waals surface area contributed by atoms with Crippen molar-refractivity contribution in [3.05, 3.63) is 0 Å². The maximum Gasteiger partial charge on any atom is 0.220 e. The molecule has 2 saturated heterocycles. The second-order valence-electron chi connectivity index (χ2n) is 5.74. The van der Waals surface area contributed by atoms with Crippen molar-refractivity contribution in [1.29, 1.82) is 0 Å². The second-order valence-corrected chi connectivity index (χ2v) is 5.74. The average molecular weight is 291 g/mol. The zero-order valence-electron chi connectivity index (χ0n) is 11.8. The molecule has 2 aliphatic rings. The van der Waals surface area contributed by atoms with E-state index < -0.39 is 0 Å². The molecule has 19 heavy (non-hydrogen) atoms. The quantitative estimate of drug-likeness (QED) is 0.785. The first-order chi connectivity index (χ1) is 8.74. The van der Waals surface area contributed by atoms with Crippen LogP contribution in [-0.2, 0) is 9.53 Å². The summed E-state index contributed by atoms with van der Waals surface area (Å²) in [5.41, 5.74) is 0. The van der Waals surface area contributed by atoms with E-state index in [1.165, 1.54) is 12.8 Å². The van der Waals surface area contributed by atoms with Crippen LogP contribution < -0.4 is 10.6 Å². The molecular weight excluding hydrogens is 264 g/mol. The number of ether oxygens (including phenoxy) is 1. The van der Waals surface area contributed by atoms with Gasteiger partial charge < -0.3 is 15.4 Å². The van der Waals surface area contributed by atoms with Crippen LogP contribution in [0.2, 0.25) is 0 Å². The van der Waals surface area contributed by atoms with Gasteiger partial charge in [-0.3, -0.25) is 4.79 Å². The van der Waals surface area contributed by atoms with Gasteiger partial charge in [0.2, 0.25) is 5.91 Å². The smallest absolute Gasteiger partial charge is 0.220 e. The van der Waals surface area contributed by atoms with Crippen molar-refractivity contribution >= 4 is 18.3 Å². The molecule has 0 aromatic heterocycles. The number of amides is 1. The van der Waals surface area contributed by atoms with Crippen molar-refractivity contribution in [2.24, 2.45) is 5.92 Å². The monoisotopic (exact) mass is 290 g/mol. The summed E-state index contributed by atoms with van der Waals surface area (Å²) in [6, 6.07) is 0.238. The van der Waals surface area contributed by atoms with E-state index in [-0.39, 0.29) is 24.4 Å². The lowest BCUT2D eigenvalue weighted by Gasteiger charge is -2.18. The molecule has 3 unspecified atom stereocenters. The highest BCUT2D eigenvalue weighted by atomic mass is 35.5. The van der Waals surface area contributed by atoms with E-state index in [1.54, 1.807) is 0 Å². The number of halogens is 1. The fourth-order valence-electron chi connectivity index (χ4n) is 2.93. The van der Waals surface area contributed by atoms with Crippen molar-refractivity contribution in [3.63, 3.8) is 0 Å². The Morgan fingerprint density at radius 3 is 2.95 bits per heavy atom. The zero-order chi connectivity index (χ0) is 12.8. The molecule has 1 amide bonds. The minimum atomic E-state index is 0. The lowest BCUT2D eigenvalue weighted by Crippen LogP contribution is -2.35. The molecular formula is C14H27ClN2O2. The van der Waals surface area contributed by atoms with Gasteiger partial charge in [-0.25, -0.2) is 0 Å². The van der Waals surface area contributed by atoms with Crippen LogP contribution in [0.3, 0.4) is 0 Å². The summed E-state index contributed by atoms with van der Waals surface area (Å²) >= 11 is 0. The molecule has 5 heteroatoms. The first kappa shape index (κ1) is 16.7. The third kappa shape index (κ3) is 6.11. The Morgan fingerprint density at radius 2 is 2.32 bits per heavy atom. The van der Waals surface area contributed by atoms with Crippen LogP contribution in [0.1, 0.15) is 45.4 Å². The van der Waals surface area contributed by atoms with E-state index in [9.17, 15) is 4.79 Å². The first-order valence-electron chi connectivity index (χ1n) is 7.35. The highest BCUT2D eigenvalue weighted by Gasteiger charge is 2.20. The molecule has 0 radical (unpaired) electrons. The van der Waals surface area contributed by atoms with Crippen molar-refractivity contribution in [3.8, 4) is 0 Å². The van der Waals surface area contributed by atoms with E-state index >= 15 is 0 Å². The molecule has 0 aromatic carbocycles. The lowest BCUT2D eigenvalue weighted by molar-refractivity contribution is -0.122. The number of hydrogen-bond donors (Lipinski definition) is 2. The van der Waals surface area contributed by atoms with E-state index in [2.05, 4.69) is 17.6 Å². The standard InChI is InChI=1S/C14H26N2O2.ClH/c1-11(9-13-3-2-8-18-13)16-14(17)5-4-12-6-7-15-10-12;/h11-13,15H,2-10H2,1H3,(H,16,17);1H. The summed E-state index contributed by atoms with van der Waals surface area (Å²) in [6.45, 7) is 5.16. The molecule has 3 atom stereocenters. The van der Waals surface area contributed by atoms with Crippen molar-refractivity contribution in [1.82, 2.24) is 10.6 Å². The van der Waals surface area contributed by atoms with Gasteiger partial charge >= 0.3 is 0 Å². The molecule has 112 valence electrons. The van der Waals surface area contributed by atoms with Gasteiger partial charge in [-0.05, 0) is 58.0 Å². The topological polar surface area (TPSA) is 50.4 Å². The van der Waals surface area contributed by atoms with E-state index in [0.717, 1.165) is 39.0 Å². The molecule has 2 rings (SSSR count). The van der Waals surface area contributed by atoms with Gasteiger partial charge in [0, 0.05) is 19.1 Å². The molecule has 2 N–H and O–H groups in total. The average Bonchev–Trinajstić information content (AvgIpc) is 2.98. The molecule has 0 saturated carbocycles. The van der Waals surface area contributed by atoms with Crippen molar-refractivity contribution < 1.29 is 9.53 Å². The van der Waals surface area contributed by atoms with Crippen LogP contribution in [0.4, 0.5) is 0 Å². The van der Waals surface area contributed by atoms with Gasteiger partial charge in [0.25, 0.3) is 0 Å². The summed E-state index contributed by atoms with van der Waals surface area (Å²) in [4.78, 5) is 11.8. The summed E-state index contributed by atoms with van der Waals surface area (Å²) in [7, 11) is 0. The Hall–Kier alpha value is -0.320. The molecule has 2 heterocycles. The molecule has 2 fully saturated rings. The number of carbonyl (C=O) groups is 1. The Labute approximate surface area is 122 Å². The van der Waals surface area contributed by atoms with Gasteiger partial charge in [0.05, 0.1) is 6.10 Å². The Balaban J connectivity index is 0.00000180. The highest BCUT2D eigenvalue weighted by Crippen LogP contribution is 2.17. The lowest BCUT2D eigenvalue weighted by atomic mass is 10.0. The van der Waals surface area contributed by atoms with Crippen molar-refractivity contribution in [2.75, 3.05) is 19.7 Å². The largest absolute Gasteiger partial charge is 0.378 e. The predicted molar refractivity (Wildman–Crippen MR) is 78.7 cm³/mol. The highest BCUT2D eigenvalue weighted by molar-refractivity contribution is 5.85. The Bertz CT molecular complexity index is 264. The van der Waals surface area contributed by atoms with Crippen LogP contribution in [0.15, 0.2) is 0 Å². The van der Waals surface area contributed by atoms with Crippen molar-refractivity contribution in [2.45, 2.75) is 57.6 Å².